The molecule has 15 heavy (non-hydrogen) atoms. The van der Waals surface area contributed by atoms with Gasteiger partial charge in [0.2, 0.25) is 0 Å². The first-order chi connectivity index (χ1) is 6.99. The zero-order chi connectivity index (χ0) is 11.8. The van der Waals surface area contributed by atoms with Crippen LogP contribution < -0.4 is 5.73 Å². The van der Waals surface area contributed by atoms with Crippen molar-refractivity contribution in [2.24, 2.45) is 11.7 Å². The predicted octanol–water partition coefficient (Wildman–Crippen LogP) is 1.33. The van der Waals surface area contributed by atoms with Crippen LogP contribution in [0.5, 0.6) is 0 Å². The molecule has 0 heterocycles. The summed E-state index contributed by atoms with van der Waals surface area (Å²) in [6.07, 6.45) is 0.845. The number of ether oxygens (including phenoxy) is 2. The molecule has 90 valence electrons. The number of esters is 1. The summed E-state index contributed by atoms with van der Waals surface area (Å²) in [6, 6.07) is 0. The second-order valence-corrected chi connectivity index (χ2v) is 4.23. The lowest BCUT2D eigenvalue weighted by Gasteiger charge is -2.17. The van der Waals surface area contributed by atoms with E-state index in [0.29, 0.717) is 12.5 Å². The van der Waals surface area contributed by atoms with Gasteiger partial charge in [-0.25, -0.2) is 0 Å². The van der Waals surface area contributed by atoms with Crippen LogP contribution in [-0.4, -0.2) is 31.8 Å². The number of rotatable bonds is 7. The van der Waals surface area contributed by atoms with Crippen molar-refractivity contribution in [3.8, 4) is 0 Å². The number of hydrogen-bond acceptors (Lipinski definition) is 4. The molecule has 0 saturated carbocycles. The summed E-state index contributed by atoms with van der Waals surface area (Å²) in [5, 5.41) is 0. The van der Waals surface area contributed by atoms with Crippen LogP contribution in [0, 0.1) is 5.92 Å². The molecule has 2 unspecified atom stereocenters. The number of nitrogens with two attached hydrogens (primary N) is 1. The number of hydrogen-bond donors (Lipinski definition) is 1. The second-order valence-electron chi connectivity index (χ2n) is 4.23. The van der Waals surface area contributed by atoms with Crippen LogP contribution in [0.3, 0.4) is 0 Å². The molecule has 2 N–H and O–H groups in total. The van der Waals surface area contributed by atoms with Crippen molar-refractivity contribution in [3.63, 3.8) is 0 Å². The van der Waals surface area contributed by atoms with Crippen LogP contribution in [0.2, 0.25) is 0 Å². The third-order valence-corrected chi connectivity index (χ3v) is 2.13. The van der Waals surface area contributed by atoms with Crippen LogP contribution in [-0.2, 0) is 14.3 Å². The Morgan fingerprint density at radius 1 is 1.33 bits per heavy atom. The molecular formula is C11H23NO3. The lowest BCUT2D eigenvalue weighted by molar-refractivity contribution is -0.151. The highest BCUT2D eigenvalue weighted by atomic mass is 16.5. The number of carbonyl (C=O) groups is 1. The van der Waals surface area contributed by atoms with Gasteiger partial charge in [-0.2, -0.15) is 0 Å². The maximum atomic E-state index is 11.4. The van der Waals surface area contributed by atoms with Gasteiger partial charge in [0, 0.05) is 13.7 Å². The number of methoxy groups -OCH3 is 1. The first-order valence-electron chi connectivity index (χ1n) is 5.41. The SMILES string of the molecule is COC(CN)CC(=O)OC(C)CC(C)C. The zero-order valence-corrected chi connectivity index (χ0v) is 10.2. The Hall–Kier alpha value is -0.610. The van der Waals surface area contributed by atoms with E-state index >= 15 is 0 Å². The Morgan fingerprint density at radius 3 is 2.33 bits per heavy atom. The smallest absolute Gasteiger partial charge is 0.308 e. The van der Waals surface area contributed by atoms with Crippen molar-refractivity contribution in [2.75, 3.05) is 13.7 Å². The third kappa shape index (κ3) is 7.33. The Bertz CT molecular complexity index is 179. The molecule has 0 amide bonds. The summed E-state index contributed by atoms with van der Waals surface area (Å²) < 4.78 is 10.2. The van der Waals surface area contributed by atoms with Gasteiger partial charge in [-0.1, -0.05) is 13.8 Å². The molecule has 4 heteroatoms. The summed E-state index contributed by atoms with van der Waals surface area (Å²) in [5.74, 6) is 0.293. The first-order valence-corrected chi connectivity index (χ1v) is 5.41. The highest BCUT2D eigenvalue weighted by molar-refractivity contribution is 5.70. The normalized spacial score (nSPS) is 15.1. The molecular weight excluding hydrogens is 194 g/mol. The molecule has 0 bridgehead atoms. The van der Waals surface area contributed by atoms with Crippen molar-refractivity contribution < 1.29 is 14.3 Å². The standard InChI is InChI=1S/C11H23NO3/c1-8(2)5-9(3)15-11(13)6-10(7-12)14-4/h8-10H,5-7,12H2,1-4H3. The fraction of sp³-hybridized carbons (Fsp3) is 0.909. The first kappa shape index (κ1) is 14.4. The Balaban J connectivity index is 3.81. The van der Waals surface area contributed by atoms with Crippen LogP contribution >= 0.6 is 0 Å². The quantitative estimate of drug-likeness (QED) is 0.653. The number of carbonyl (C=O) groups excluding carboxylic acids is 1. The lowest BCUT2D eigenvalue weighted by atomic mass is 10.1. The molecule has 0 fully saturated rings. The van der Waals surface area contributed by atoms with Crippen molar-refractivity contribution in [1.82, 2.24) is 0 Å². The molecule has 0 aliphatic rings. The van der Waals surface area contributed by atoms with Gasteiger partial charge in [0.1, 0.15) is 0 Å². The summed E-state index contributed by atoms with van der Waals surface area (Å²) in [5.41, 5.74) is 5.41. The van der Waals surface area contributed by atoms with Crippen LogP contribution in [0.1, 0.15) is 33.6 Å². The van der Waals surface area contributed by atoms with E-state index in [1.807, 2.05) is 6.92 Å². The molecule has 0 radical (unpaired) electrons. The van der Waals surface area contributed by atoms with E-state index in [1.165, 1.54) is 0 Å². The highest BCUT2D eigenvalue weighted by Gasteiger charge is 2.15. The van der Waals surface area contributed by atoms with E-state index in [0.717, 1.165) is 6.42 Å². The molecule has 0 aliphatic heterocycles. The molecule has 0 saturated heterocycles. The van der Waals surface area contributed by atoms with Crippen LogP contribution in [0.4, 0.5) is 0 Å². The fourth-order valence-electron chi connectivity index (χ4n) is 1.43. The van der Waals surface area contributed by atoms with Gasteiger partial charge in [-0.15, -0.1) is 0 Å². The van der Waals surface area contributed by atoms with Gasteiger partial charge in [0.25, 0.3) is 0 Å². The second kappa shape index (κ2) is 7.65. The Kier molecular flexibility index (Phi) is 7.34. The van der Waals surface area contributed by atoms with Gasteiger partial charge >= 0.3 is 5.97 Å². The maximum Gasteiger partial charge on any atom is 0.308 e. The molecule has 0 aromatic heterocycles. The van der Waals surface area contributed by atoms with Crippen molar-refractivity contribution in [2.45, 2.75) is 45.8 Å². The zero-order valence-electron chi connectivity index (χ0n) is 10.2. The van der Waals surface area contributed by atoms with Gasteiger partial charge in [-0.3, -0.25) is 4.79 Å². The van der Waals surface area contributed by atoms with Crippen LogP contribution in [0.15, 0.2) is 0 Å². The van der Waals surface area contributed by atoms with Gasteiger partial charge in [0.15, 0.2) is 0 Å². The molecule has 0 spiro atoms. The van der Waals surface area contributed by atoms with E-state index in [4.69, 9.17) is 15.2 Å². The average molecular weight is 217 g/mol. The van der Waals surface area contributed by atoms with Crippen molar-refractivity contribution in [3.05, 3.63) is 0 Å². The van der Waals surface area contributed by atoms with Crippen LogP contribution in [0.25, 0.3) is 0 Å². The minimum atomic E-state index is -0.236. The van der Waals surface area contributed by atoms with E-state index in [9.17, 15) is 4.79 Å². The summed E-state index contributed by atoms with van der Waals surface area (Å²) in [4.78, 5) is 11.4. The molecule has 2 atom stereocenters. The predicted molar refractivity (Wildman–Crippen MR) is 59.5 cm³/mol. The van der Waals surface area contributed by atoms with E-state index < -0.39 is 0 Å². The van der Waals surface area contributed by atoms with Crippen molar-refractivity contribution >= 4 is 5.97 Å². The summed E-state index contributed by atoms with van der Waals surface area (Å²) in [6.45, 7) is 6.44. The average Bonchev–Trinajstić information content (AvgIpc) is 2.12. The topological polar surface area (TPSA) is 61.5 Å². The lowest BCUT2D eigenvalue weighted by Crippen LogP contribution is -2.28. The summed E-state index contributed by atoms with van der Waals surface area (Å²) in [7, 11) is 1.54. The van der Waals surface area contributed by atoms with Gasteiger partial charge in [-0.05, 0) is 19.3 Å². The summed E-state index contributed by atoms with van der Waals surface area (Å²) >= 11 is 0. The monoisotopic (exact) mass is 217 g/mol. The Morgan fingerprint density at radius 2 is 1.93 bits per heavy atom. The molecule has 0 rings (SSSR count). The fourth-order valence-corrected chi connectivity index (χ4v) is 1.43. The minimum absolute atomic E-state index is 0.0345. The van der Waals surface area contributed by atoms with Crippen molar-refractivity contribution in [1.29, 1.82) is 0 Å². The molecule has 4 nitrogen and oxygen atoms in total. The molecule has 0 aromatic carbocycles. The van der Waals surface area contributed by atoms with E-state index in [1.54, 1.807) is 7.11 Å². The van der Waals surface area contributed by atoms with E-state index in [-0.39, 0.29) is 24.6 Å². The van der Waals surface area contributed by atoms with Gasteiger partial charge in [0.05, 0.1) is 18.6 Å². The molecule has 0 aliphatic carbocycles. The molecule has 0 aromatic rings. The maximum absolute atomic E-state index is 11.4. The minimum Gasteiger partial charge on any atom is -0.463 e. The largest absolute Gasteiger partial charge is 0.463 e. The third-order valence-electron chi connectivity index (χ3n) is 2.13. The highest BCUT2D eigenvalue weighted by Crippen LogP contribution is 2.09. The van der Waals surface area contributed by atoms with E-state index in [2.05, 4.69) is 13.8 Å². The van der Waals surface area contributed by atoms with Gasteiger partial charge < -0.3 is 15.2 Å². The Labute approximate surface area is 92.1 Å².